The zero-order chi connectivity index (χ0) is 15.6. The van der Waals surface area contributed by atoms with Crippen LogP contribution in [-0.2, 0) is 10.9 Å². The second-order valence-corrected chi connectivity index (χ2v) is 6.37. The Bertz CT molecular complexity index is 563. The fourth-order valence-corrected chi connectivity index (χ4v) is 4.18. The Morgan fingerprint density at radius 3 is 0.958 bits per heavy atom. The third-order valence-electron chi connectivity index (χ3n) is 2.94. The van der Waals surface area contributed by atoms with Crippen LogP contribution in [0.15, 0.2) is 106 Å². The van der Waals surface area contributed by atoms with Gasteiger partial charge in [0, 0.05) is 0 Å². The van der Waals surface area contributed by atoms with Gasteiger partial charge in [0.25, 0.3) is 0 Å². The van der Waals surface area contributed by atoms with Gasteiger partial charge in [-0.2, -0.15) is 0 Å². The number of benzene rings is 3. The van der Waals surface area contributed by atoms with Crippen LogP contribution >= 0.6 is 0 Å². The van der Waals surface area contributed by atoms with Crippen LogP contribution in [0.1, 0.15) is 0 Å². The summed E-state index contributed by atoms with van der Waals surface area (Å²) >= 11 is 0. The molecule has 3 rings (SSSR count). The number of rotatable bonds is 3. The van der Waals surface area contributed by atoms with Crippen molar-refractivity contribution in [3.8, 4) is 0 Å². The van der Waals surface area contributed by atoms with Gasteiger partial charge in [-0.05, 0) is 36.4 Å². The van der Waals surface area contributed by atoms with Crippen molar-refractivity contribution in [2.45, 2.75) is 14.7 Å². The number of hydrogen-bond acceptors (Lipinski definition) is 3. The average molecular weight is 348 g/mol. The summed E-state index contributed by atoms with van der Waals surface area (Å²) < 4.78 is 0. The van der Waals surface area contributed by atoms with E-state index in [4.69, 9.17) is 10.0 Å². The topological polar surface area (TPSA) is 76.1 Å². The van der Waals surface area contributed by atoms with E-state index >= 15 is 0 Å². The zero-order valence-electron chi connectivity index (χ0n) is 13.1. The molecule has 0 amide bonds. The van der Waals surface area contributed by atoms with Gasteiger partial charge in [-0.15, -0.1) is 0 Å². The van der Waals surface area contributed by atoms with Crippen molar-refractivity contribution in [1.29, 1.82) is 0 Å². The fourth-order valence-electron chi connectivity index (χ4n) is 2.08. The zero-order valence-corrected chi connectivity index (χ0v) is 15.3. The second-order valence-electron chi connectivity index (χ2n) is 4.34. The molecule has 0 aromatic heterocycles. The Morgan fingerprint density at radius 1 is 0.542 bits per heavy atom. The maximum atomic E-state index is 8.25. The predicted octanol–water partition coefficient (Wildman–Crippen LogP) is 1.47. The summed E-state index contributed by atoms with van der Waals surface area (Å²) in [6, 6.07) is 32.2. The molecular formula is C18H16BMgO3S. The molecule has 0 spiro atoms. The van der Waals surface area contributed by atoms with E-state index in [0.717, 1.165) is 0 Å². The van der Waals surface area contributed by atoms with E-state index in [1.165, 1.54) is 14.7 Å². The fraction of sp³-hybridized carbons (Fsp3) is 0. The first-order chi connectivity index (χ1) is 10.9. The van der Waals surface area contributed by atoms with Crippen molar-refractivity contribution >= 4 is 41.6 Å². The molecule has 0 unspecified atom stereocenters. The summed E-state index contributed by atoms with van der Waals surface area (Å²) in [4.78, 5) is 4.08. The molecule has 3 aromatic rings. The predicted molar refractivity (Wildman–Crippen MR) is 94.9 cm³/mol. The van der Waals surface area contributed by atoms with E-state index < -0.39 is 7.69 Å². The van der Waals surface area contributed by atoms with Crippen LogP contribution in [0.25, 0.3) is 0 Å². The van der Waals surface area contributed by atoms with Crippen LogP contribution in [0.3, 0.4) is 0 Å². The normalized spacial score (nSPS) is 8.96. The molecule has 0 aliphatic rings. The molecule has 1 N–H and O–H groups in total. The van der Waals surface area contributed by atoms with Gasteiger partial charge in [0.2, 0.25) is 0 Å². The summed E-state index contributed by atoms with van der Waals surface area (Å²) in [5, 5.41) is 16.5. The quantitative estimate of drug-likeness (QED) is 0.532. The molecule has 0 saturated carbocycles. The molecule has 0 atom stereocenters. The van der Waals surface area contributed by atoms with Crippen LogP contribution in [0.4, 0.5) is 0 Å². The van der Waals surface area contributed by atoms with E-state index in [2.05, 4.69) is 91.0 Å². The Hall–Kier alpha value is -1.28. The van der Waals surface area contributed by atoms with E-state index in [9.17, 15) is 0 Å². The SMILES string of the molecule is [Mg+2].[O-][B][O-].[OH-].c1ccc([S+](c2ccccc2)c2ccccc2)cc1. The summed E-state index contributed by atoms with van der Waals surface area (Å²) in [5.41, 5.74) is 0. The van der Waals surface area contributed by atoms with E-state index in [-0.39, 0.29) is 39.4 Å². The molecule has 1 radical (unpaired) electrons. The van der Waals surface area contributed by atoms with Crippen LogP contribution in [0.2, 0.25) is 0 Å². The first-order valence-corrected chi connectivity index (χ1v) is 8.04. The van der Waals surface area contributed by atoms with Gasteiger partial charge in [0.05, 0.1) is 10.9 Å². The summed E-state index contributed by atoms with van der Waals surface area (Å²) in [6.07, 6.45) is 0. The van der Waals surface area contributed by atoms with Crippen molar-refractivity contribution in [2.24, 2.45) is 0 Å². The first-order valence-electron chi connectivity index (χ1n) is 6.82. The molecule has 3 aromatic carbocycles. The van der Waals surface area contributed by atoms with Crippen molar-refractivity contribution in [3.05, 3.63) is 91.0 Å². The first kappa shape index (κ1) is 22.7. The van der Waals surface area contributed by atoms with Crippen molar-refractivity contribution in [2.75, 3.05) is 0 Å². The Kier molecular flexibility index (Phi) is 12.4. The minimum atomic E-state index is -0.500. The van der Waals surface area contributed by atoms with Crippen molar-refractivity contribution in [3.63, 3.8) is 0 Å². The molecule has 0 saturated heterocycles. The third kappa shape index (κ3) is 6.68. The minimum absolute atomic E-state index is 0. The molecule has 3 nitrogen and oxygen atoms in total. The van der Waals surface area contributed by atoms with Crippen LogP contribution in [0, 0.1) is 0 Å². The standard InChI is InChI=1S/C18H15S.BO2.Mg.H2O/c1-4-10-16(11-5-1)19(17-12-6-2-7-13-17)18-14-8-3-9-15-18;2-1-3;;/h1-15H;;;1H2/q+1;-2;+2;/p-1. The van der Waals surface area contributed by atoms with Gasteiger partial charge < -0.3 is 15.5 Å². The van der Waals surface area contributed by atoms with Gasteiger partial charge in [0.15, 0.2) is 14.7 Å². The van der Waals surface area contributed by atoms with Crippen LogP contribution < -0.4 is 10.0 Å². The minimum Gasteiger partial charge on any atom is -0.900 e. The molecule has 0 fully saturated rings. The van der Waals surface area contributed by atoms with Crippen LogP contribution in [-0.4, -0.2) is 36.2 Å². The molecule has 0 bridgehead atoms. The van der Waals surface area contributed by atoms with Gasteiger partial charge in [-0.3, -0.25) is 0 Å². The second kappa shape index (κ2) is 13.1. The Labute approximate surface area is 162 Å². The summed E-state index contributed by atoms with van der Waals surface area (Å²) in [6.45, 7) is 0. The van der Waals surface area contributed by atoms with E-state index in [1.807, 2.05) is 0 Å². The van der Waals surface area contributed by atoms with Crippen molar-refractivity contribution < 1.29 is 15.5 Å². The largest absolute Gasteiger partial charge is 2.00 e. The molecule has 0 heterocycles. The Morgan fingerprint density at radius 2 is 0.750 bits per heavy atom. The third-order valence-corrected chi connectivity index (χ3v) is 5.17. The molecular weight excluding hydrogens is 331 g/mol. The Balaban J connectivity index is 0.000000988. The monoisotopic (exact) mass is 347 g/mol. The number of hydrogen-bond donors (Lipinski definition) is 0. The average Bonchev–Trinajstić information content (AvgIpc) is 2.59. The molecule has 0 aliphatic heterocycles. The van der Waals surface area contributed by atoms with Crippen LogP contribution in [0.5, 0.6) is 0 Å². The van der Waals surface area contributed by atoms with Gasteiger partial charge in [-0.25, -0.2) is 7.69 Å². The van der Waals surface area contributed by atoms with Gasteiger partial charge in [0.1, 0.15) is 0 Å². The summed E-state index contributed by atoms with van der Waals surface area (Å²) in [7, 11) is -0.515. The van der Waals surface area contributed by atoms with Gasteiger partial charge in [-0.1, -0.05) is 54.6 Å². The summed E-state index contributed by atoms with van der Waals surface area (Å²) in [5.74, 6) is 0. The maximum Gasteiger partial charge on any atom is 2.00 e. The van der Waals surface area contributed by atoms with E-state index in [1.54, 1.807) is 0 Å². The molecule has 117 valence electrons. The van der Waals surface area contributed by atoms with Gasteiger partial charge >= 0.3 is 23.1 Å². The smallest absolute Gasteiger partial charge is 0.900 e. The van der Waals surface area contributed by atoms with E-state index in [0.29, 0.717) is 0 Å². The maximum absolute atomic E-state index is 8.25. The molecule has 6 heteroatoms. The van der Waals surface area contributed by atoms with Crippen molar-refractivity contribution in [1.82, 2.24) is 0 Å². The molecule has 24 heavy (non-hydrogen) atoms. The molecule has 0 aliphatic carbocycles.